The molecular weight excluding hydrogens is 150 g/mol. The molecular formula is C6H9NO4. The summed E-state index contributed by atoms with van der Waals surface area (Å²) in [6.07, 6.45) is 1.07. The van der Waals surface area contributed by atoms with Gasteiger partial charge in [-0.25, -0.2) is 4.79 Å². The van der Waals surface area contributed by atoms with E-state index in [1.54, 1.807) is 13.8 Å². The lowest BCUT2D eigenvalue weighted by atomic mass is 10.5. The molecule has 0 saturated carbocycles. The number of carbonyl (C=O) groups excluding carboxylic acids is 1. The molecule has 0 aromatic carbocycles. The van der Waals surface area contributed by atoms with Crippen molar-refractivity contribution in [1.82, 2.24) is 0 Å². The molecule has 0 rings (SSSR count). The molecule has 0 aromatic rings. The highest BCUT2D eigenvalue weighted by Gasteiger charge is 2.01. The van der Waals surface area contributed by atoms with Crippen molar-refractivity contribution in [3.05, 3.63) is 22.4 Å². The van der Waals surface area contributed by atoms with E-state index in [1.165, 1.54) is 0 Å². The van der Waals surface area contributed by atoms with Crippen molar-refractivity contribution in [3.63, 3.8) is 0 Å². The molecule has 5 heteroatoms. The van der Waals surface area contributed by atoms with Gasteiger partial charge in [0.05, 0.1) is 17.1 Å². The molecule has 0 aliphatic heterocycles. The summed E-state index contributed by atoms with van der Waals surface area (Å²) in [6, 6.07) is 0. The first-order valence-electron chi connectivity index (χ1n) is 3.04. The quantitative estimate of drug-likeness (QED) is 0.263. The van der Waals surface area contributed by atoms with Gasteiger partial charge in [-0.2, -0.15) is 0 Å². The Bertz CT molecular complexity index is 185. The van der Waals surface area contributed by atoms with Crippen molar-refractivity contribution in [3.8, 4) is 0 Å². The summed E-state index contributed by atoms with van der Waals surface area (Å²) in [5, 5.41) is 9.70. The average Bonchev–Trinajstić information content (AvgIpc) is 1.82. The van der Waals surface area contributed by atoms with Crippen LogP contribution in [0.4, 0.5) is 0 Å². The largest absolute Gasteiger partial charge is 0.460 e. The first-order chi connectivity index (χ1) is 5.02. The van der Waals surface area contributed by atoms with Crippen LogP contribution < -0.4 is 0 Å². The van der Waals surface area contributed by atoms with Crippen molar-refractivity contribution < 1.29 is 14.5 Å². The molecule has 11 heavy (non-hydrogen) atoms. The van der Waals surface area contributed by atoms with Crippen LogP contribution in [0.5, 0.6) is 0 Å². The number of hydrogen-bond acceptors (Lipinski definition) is 4. The van der Waals surface area contributed by atoms with E-state index >= 15 is 0 Å². The average molecular weight is 159 g/mol. The predicted octanol–water partition coefficient (Wildman–Crippen LogP) is 0.728. The van der Waals surface area contributed by atoms with Gasteiger partial charge in [0.2, 0.25) is 6.20 Å². The molecule has 0 N–H and O–H groups in total. The third-order valence-corrected chi connectivity index (χ3v) is 0.684. The minimum absolute atomic E-state index is 0.251. The summed E-state index contributed by atoms with van der Waals surface area (Å²) in [5.74, 6) is -0.697. The van der Waals surface area contributed by atoms with Crippen LogP contribution in [0.2, 0.25) is 0 Å². The lowest BCUT2D eigenvalue weighted by Gasteiger charge is -2.02. The van der Waals surface area contributed by atoms with Crippen molar-refractivity contribution in [1.29, 1.82) is 0 Å². The van der Waals surface area contributed by atoms with Gasteiger partial charge in [-0.05, 0) is 13.8 Å². The van der Waals surface area contributed by atoms with Crippen LogP contribution >= 0.6 is 0 Å². The van der Waals surface area contributed by atoms with E-state index in [-0.39, 0.29) is 6.10 Å². The van der Waals surface area contributed by atoms with E-state index in [0.29, 0.717) is 6.20 Å². The van der Waals surface area contributed by atoms with Gasteiger partial charge in [0.15, 0.2) is 0 Å². The Balaban J connectivity index is 3.78. The second kappa shape index (κ2) is 4.43. The number of esters is 1. The third kappa shape index (κ3) is 6.50. The Labute approximate surface area is 63.8 Å². The summed E-state index contributed by atoms with van der Waals surface area (Å²) in [5.41, 5.74) is 0. The molecule has 5 nitrogen and oxygen atoms in total. The van der Waals surface area contributed by atoms with Gasteiger partial charge in [-0.15, -0.1) is 0 Å². The normalized spacial score (nSPS) is 10.5. The molecule has 0 bridgehead atoms. The zero-order valence-electron chi connectivity index (χ0n) is 6.31. The maximum Gasteiger partial charge on any atom is 0.337 e. The van der Waals surface area contributed by atoms with E-state index in [9.17, 15) is 14.9 Å². The van der Waals surface area contributed by atoms with Gasteiger partial charge in [-0.3, -0.25) is 10.1 Å². The molecule has 0 amide bonds. The fourth-order valence-corrected chi connectivity index (χ4v) is 0.393. The first kappa shape index (κ1) is 9.61. The van der Waals surface area contributed by atoms with E-state index in [1.807, 2.05) is 0 Å². The van der Waals surface area contributed by atoms with Crippen LogP contribution in [0.25, 0.3) is 0 Å². The van der Waals surface area contributed by atoms with Crippen molar-refractivity contribution in [2.24, 2.45) is 0 Å². The molecule has 0 aliphatic carbocycles. The Kier molecular flexibility index (Phi) is 3.87. The van der Waals surface area contributed by atoms with Gasteiger partial charge in [0, 0.05) is 0 Å². The molecule has 0 spiro atoms. The number of nitrogens with zero attached hydrogens (tertiary/aromatic N) is 1. The standard InChI is InChI=1S/C6H9NO4/c1-5(2)11-6(8)3-4-7(9)10/h3-5H,1-2H3/b4-3+. The van der Waals surface area contributed by atoms with Gasteiger partial charge in [-0.1, -0.05) is 0 Å². The summed E-state index contributed by atoms with van der Waals surface area (Å²) < 4.78 is 4.57. The fourth-order valence-electron chi connectivity index (χ4n) is 0.393. The van der Waals surface area contributed by atoms with Gasteiger partial charge < -0.3 is 4.74 Å². The lowest BCUT2D eigenvalue weighted by molar-refractivity contribution is -0.402. The third-order valence-electron chi connectivity index (χ3n) is 0.684. The van der Waals surface area contributed by atoms with Crippen LogP contribution in [-0.2, 0) is 9.53 Å². The molecule has 0 saturated heterocycles. The number of carbonyl (C=O) groups is 1. The first-order valence-corrected chi connectivity index (χ1v) is 3.04. The number of ether oxygens (including phenoxy) is 1. The monoisotopic (exact) mass is 159 g/mol. The lowest BCUT2D eigenvalue weighted by Crippen LogP contribution is -2.08. The second-order valence-corrected chi connectivity index (χ2v) is 2.09. The highest BCUT2D eigenvalue weighted by molar-refractivity contribution is 5.81. The minimum Gasteiger partial charge on any atom is -0.460 e. The Morgan fingerprint density at radius 1 is 1.64 bits per heavy atom. The molecule has 0 unspecified atom stereocenters. The summed E-state index contributed by atoms with van der Waals surface area (Å²) in [6.45, 7) is 3.33. The zero-order valence-corrected chi connectivity index (χ0v) is 6.31. The van der Waals surface area contributed by atoms with Crippen LogP contribution in [0.1, 0.15) is 13.8 Å². The van der Waals surface area contributed by atoms with Crippen LogP contribution in [0, 0.1) is 10.1 Å². The van der Waals surface area contributed by atoms with Crippen LogP contribution in [0.3, 0.4) is 0 Å². The Morgan fingerprint density at radius 2 is 2.18 bits per heavy atom. The molecule has 0 aromatic heterocycles. The van der Waals surface area contributed by atoms with Crippen molar-refractivity contribution >= 4 is 5.97 Å². The number of nitro groups is 1. The van der Waals surface area contributed by atoms with Gasteiger partial charge >= 0.3 is 5.97 Å². The molecule has 0 radical (unpaired) electrons. The second-order valence-electron chi connectivity index (χ2n) is 2.09. The highest BCUT2D eigenvalue weighted by atomic mass is 16.6. The molecule has 0 heterocycles. The van der Waals surface area contributed by atoms with E-state index in [4.69, 9.17) is 0 Å². The predicted molar refractivity (Wildman–Crippen MR) is 37.4 cm³/mol. The maximum atomic E-state index is 10.5. The van der Waals surface area contributed by atoms with Gasteiger partial charge in [0.1, 0.15) is 0 Å². The van der Waals surface area contributed by atoms with Crippen LogP contribution in [0.15, 0.2) is 12.3 Å². The number of hydrogen-bond donors (Lipinski definition) is 0. The number of rotatable bonds is 3. The van der Waals surface area contributed by atoms with Crippen molar-refractivity contribution in [2.75, 3.05) is 0 Å². The SMILES string of the molecule is CC(C)OC(=O)/C=C/[N+](=O)[O-]. The molecule has 0 fully saturated rings. The Hall–Kier alpha value is -1.39. The van der Waals surface area contributed by atoms with E-state index in [0.717, 1.165) is 6.08 Å². The zero-order chi connectivity index (χ0) is 8.85. The van der Waals surface area contributed by atoms with E-state index < -0.39 is 10.9 Å². The fraction of sp³-hybridized carbons (Fsp3) is 0.500. The topological polar surface area (TPSA) is 69.4 Å². The summed E-state index contributed by atoms with van der Waals surface area (Å²) >= 11 is 0. The van der Waals surface area contributed by atoms with Gasteiger partial charge in [0.25, 0.3) is 0 Å². The molecule has 0 aliphatic rings. The summed E-state index contributed by atoms with van der Waals surface area (Å²) in [4.78, 5) is 19.5. The summed E-state index contributed by atoms with van der Waals surface area (Å²) in [7, 11) is 0. The van der Waals surface area contributed by atoms with Crippen LogP contribution in [-0.4, -0.2) is 17.0 Å². The Morgan fingerprint density at radius 3 is 2.55 bits per heavy atom. The molecule has 62 valence electrons. The molecule has 0 atom stereocenters. The van der Waals surface area contributed by atoms with Crippen molar-refractivity contribution in [2.45, 2.75) is 20.0 Å². The van der Waals surface area contributed by atoms with E-state index in [2.05, 4.69) is 4.74 Å². The smallest absolute Gasteiger partial charge is 0.337 e. The highest BCUT2D eigenvalue weighted by Crippen LogP contribution is 1.89. The maximum absolute atomic E-state index is 10.5. The minimum atomic E-state index is -0.721.